The van der Waals surface area contributed by atoms with Crippen LogP contribution in [0.4, 0.5) is 0 Å². The average Bonchev–Trinajstić information content (AvgIpc) is 2.92. The monoisotopic (exact) mass is 338 g/mol. The molecule has 0 bridgehead atoms. The number of carboxylic acids is 1. The molecule has 120 valence electrons. The minimum Gasteiger partial charge on any atom is -0.480 e. The molecule has 9 heteroatoms. The van der Waals surface area contributed by atoms with Crippen molar-refractivity contribution in [2.24, 2.45) is 0 Å². The van der Waals surface area contributed by atoms with Gasteiger partial charge in [-0.1, -0.05) is 13.0 Å². The summed E-state index contributed by atoms with van der Waals surface area (Å²) in [6, 6.07) is 0. The van der Waals surface area contributed by atoms with Gasteiger partial charge in [-0.15, -0.1) is 11.6 Å². The van der Waals surface area contributed by atoms with Crippen LogP contribution in [-0.2, 0) is 13.9 Å². The summed E-state index contributed by atoms with van der Waals surface area (Å²) < 4.78 is 19.6. The van der Waals surface area contributed by atoms with Crippen molar-refractivity contribution in [3.05, 3.63) is 23.4 Å². The summed E-state index contributed by atoms with van der Waals surface area (Å²) in [5.41, 5.74) is 3.53. The number of hydrogen-bond acceptors (Lipinski definition) is 5. The first-order valence-electron chi connectivity index (χ1n) is 6.50. The van der Waals surface area contributed by atoms with Crippen molar-refractivity contribution in [2.75, 3.05) is 31.7 Å². The molecule has 0 saturated heterocycles. The van der Waals surface area contributed by atoms with E-state index in [2.05, 4.69) is 5.48 Å². The summed E-state index contributed by atoms with van der Waals surface area (Å²) in [7, 11) is -3.24. The standard InChI is InChI=1S/C12H20ClN2O5P/c1-2-21(19,15(6-5-13)8-12(16)17)20-9-10-3-4-11(7-10)14-18/h3-4,14,18H,2,5-9H2,1H3,(H,16,17)/t21-/m1/s1. The van der Waals surface area contributed by atoms with Gasteiger partial charge in [0, 0.05) is 30.7 Å². The number of nitrogens with one attached hydrogen (secondary N) is 1. The number of nitrogens with zero attached hydrogens (tertiary/aromatic N) is 1. The Morgan fingerprint density at radius 3 is 2.76 bits per heavy atom. The average molecular weight is 339 g/mol. The fourth-order valence-corrected chi connectivity index (χ4v) is 4.08. The Hall–Kier alpha value is -0.850. The van der Waals surface area contributed by atoms with Gasteiger partial charge in [-0.3, -0.25) is 20.0 Å². The number of carbonyl (C=O) groups is 1. The maximum atomic E-state index is 12.8. The molecular weight excluding hydrogens is 319 g/mol. The van der Waals surface area contributed by atoms with Crippen LogP contribution in [0.15, 0.2) is 23.4 Å². The molecular formula is C12H20ClN2O5P. The SMILES string of the molecule is CC[P@@](=O)(OCC1=CC=C(NO)C1)N(CCCl)CC(=O)O. The number of alkyl halides is 1. The van der Waals surface area contributed by atoms with Crippen LogP contribution < -0.4 is 5.48 Å². The molecule has 7 nitrogen and oxygen atoms in total. The topological polar surface area (TPSA) is 99.1 Å². The molecule has 1 aliphatic carbocycles. The molecule has 21 heavy (non-hydrogen) atoms. The van der Waals surface area contributed by atoms with Gasteiger partial charge in [-0.25, -0.2) is 4.67 Å². The molecule has 0 aromatic heterocycles. The Morgan fingerprint density at radius 2 is 2.29 bits per heavy atom. The molecule has 3 N–H and O–H groups in total. The third kappa shape index (κ3) is 5.45. The van der Waals surface area contributed by atoms with E-state index in [1.165, 1.54) is 4.67 Å². The van der Waals surface area contributed by atoms with Gasteiger partial charge in [-0.2, -0.15) is 0 Å². The van der Waals surface area contributed by atoms with E-state index < -0.39 is 13.5 Å². The lowest BCUT2D eigenvalue weighted by atomic mass is 10.2. The summed E-state index contributed by atoms with van der Waals surface area (Å²) in [6.45, 7) is 1.61. The second-order valence-corrected chi connectivity index (χ2v) is 7.61. The Labute approximate surface area is 128 Å². The van der Waals surface area contributed by atoms with Gasteiger partial charge in [0.25, 0.3) is 7.52 Å². The lowest BCUT2D eigenvalue weighted by molar-refractivity contribution is -0.137. The van der Waals surface area contributed by atoms with Gasteiger partial charge in [0.2, 0.25) is 0 Å². The van der Waals surface area contributed by atoms with Gasteiger partial charge in [-0.05, 0) is 11.6 Å². The minimum atomic E-state index is -3.24. The zero-order valence-electron chi connectivity index (χ0n) is 11.8. The van der Waals surface area contributed by atoms with E-state index in [9.17, 15) is 9.36 Å². The predicted octanol–water partition coefficient (Wildman–Crippen LogP) is 2.03. The lowest BCUT2D eigenvalue weighted by Crippen LogP contribution is -2.30. The highest BCUT2D eigenvalue weighted by Crippen LogP contribution is 2.50. The Kier molecular flexibility index (Phi) is 7.42. The quantitative estimate of drug-likeness (QED) is 0.318. The molecule has 0 aromatic rings. The first kappa shape index (κ1) is 18.2. The highest BCUT2D eigenvalue weighted by Gasteiger charge is 2.31. The number of rotatable bonds is 10. The molecule has 1 aliphatic rings. The van der Waals surface area contributed by atoms with E-state index in [1.807, 2.05) is 0 Å². The van der Waals surface area contributed by atoms with Crippen LogP contribution in [0, 0.1) is 0 Å². The third-order valence-electron chi connectivity index (χ3n) is 3.02. The van der Waals surface area contributed by atoms with Crippen molar-refractivity contribution in [1.29, 1.82) is 0 Å². The molecule has 1 rings (SSSR count). The summed E-state index contributed by atoms with van der Waals surface area (Å²) in [5.74, 6) is -0.908. The van der Waals surface area contributed by atoms with Gasteiger partial charge < -0.3 is 9.63 Å². The zero-order valence-corrected chi connectivity index (χ0v) is 13.4. The Bertz CT molecular complexity index is 480. The van der Waals surface area contributed by atoms with Crippen LogP contribution in [0.25, 0.3) is 0 Å². The number of allylic oxidation sites excluding steroid dienone is 3. The van der Waals surface area contributed by atoms with Crippen LogP contribution in [0.2, 0.25) is 0 Å². The number of carboxylic acid groups (broad SMARTS) is 1. The van der Waals surface area contributed by atoms with E-state index in [1.54, 1.807) is 19.1 Å². The first-order valence-corrected chi connectivity index (χ1v) is 8.80. The second kappa shape index (κ2) is 8.56. The van der Waals surface area contributed by atoms with Crippen LogP contribution in [-0.4, -0.2) is 52.7 Å². The van der Waals surface area contributed by atoms with Crippen LogP contribution in [0.1, 0.15) is 13.3 Å². The fraction of sp³-hybridized carbons (Fsp3) is 0.583. The maximum absolute atomic E-state index is 12.8. The largest absolute Gasteiger partial charge is 0.480 e. The molecule has 0 radical (unpaired) electrons. The summed E-state index contributed by atoms with van der Waals surface area (Å²) in [6.07, 6.45) is 4.14. The van der Waals surface area contributed by atoms with Crippen molar-refractivity contribution < 1.29 is 24.2 Å². The van der Waals surface area contributed by atoms with E-state index in [4.69, 9.17) is 26.4 Å². The van der Waals surface area contributed by atoms with Crippen molar-refractivity contribution >= 4 is 25.1 Å². The maximum Gasteiger partial charge on any atom is 0.318 e. The van der Waals surface area contributed by atoms with Gasteiger partial charge >= 0.3 is 5.97 Å². The first-order chi connectivity index (χ1) is 9.95. The van der Waals surface area contributed by atoms with Gasteiger partial charge in [0.15, 0.2) is 0 Å². The number of aliphatic carboxylic acids is 1. The van der Waals surface area contributed by atoms with Crippen molar-refractivity contribution in [2.45, 2.75) is 13.3 Å². The molecule has 0 amide bonds. The van der Waals surface area contributed by atoms with Crippen molar-refractivity contribution in [3.8, 4) is 0 Å². The molecule has 0 spiro atoms. The Morgan fingerprint density at radius 1 is 1.57 bits per heavy atom. The molecule has 0 aliphatic heterocycles. The van der Waals surface area contributed by atoms with E-state index >= 15 is 0 Å². The molecule has 1 atom stereocenters. The highest BCUT2D eigenvalue weighted by atomic mass is 35.5. The van der Waals surface area contributed by atoms with E-state index in [-0.39, 0.29) is 31.7 Å². The number of halogens is 1. The summed E-state index contributed by atoms with van der Waals surface area (Å²) in [4.78, 5) is 10.9. The van der Waals surface area contributed by atoms with E-state index in [0.29, 0.717) is 12.1 Å². The van der Waals surface area contributed by atoms with Crippen molar-refractivity contribution in [1.82, 2.24) is 10.2 Å². The smallest absolute Gasteiger partial charge is 0.318 e. The molecule has 0 unspecified atom stereocenters. The van der Waals surface area contributed by atoms with Crippen LogP contribution >= 0.6 is 19.1 Å². The molecule has 0 saturated carbocycles. The summed E-state index contributed by atoms with van der Waals surface area (Å²) in [5, 5.41) is 17.7. The van der Waals surface area contributed by atoms with Gasteiger partial charge in [0.1, 0.15) is 6.54 Å². The minimum absolute atomic E-state index is 0.116. The third-order valence-corrected chi connectivity index (χ3v) is 5.73. The fourth-order valence-electron chi connectivity index (χ4n) is 1.91. The second-order valence-electron chi connectivity index (χ2n) is 4.50. The Balaban J connectivity index is 2.65. The number of hydroxylamine groups is 1. The van der Waals surface area contributed by atoms with E-state index in [0.717, 1.165) is 5.57 Å². The number of hydrogen-bond donors (Lipinski definition) is 3. The highest BCUT2D eigenvalue weighted by molar-refractivity contribution is 7.56. The van der Waals surface area contributed by atoms with Crippen molar-refractivity contribution in [3.63, 3.8) is 0 Å². The van der Waals surface area contributed by atoms with Gasteiger partial charge in [0.05, 0.1) is 6.61 Å². The molecule has 0 heterocycles. The molecule has 0 fully saturated rings. The van der Waals surface area contributed by atoms with Crippen LogP contribution in [0.5, 0.6) is 0 Å². The lowest BCUT2D eigenvalue weighted by Gasteiger charge is -2.28. The molecule has 0 aromatic carbocycles. The normalized spacial score (nSPS) is 17.3. The summed E-state index contributed by atoms with van der Waals surface area (Å²) >= 11 is 5.64. The zero-order chi connectivity index (χ0) is 15.9. The predicted molar refractivity (Wildman–Crippen MR) is 79.7 cm³/mol. The van der Waals surface area contributed by atoms with Crippen LogP contribution in [0.3, 0.4) is 0 Å².